The van der Waals surface area contributed by atoms with E-state index in [9.17, 15) is 22.8 Å². The number of benzene rings is 1. The minimum Gasteiger partial charge on any atom is -0.494 e. The lowest BCUT2D eigenvalue weighted by molar-refractivity contribution is -0.157. The highest BCUT2D eigenvalue weighted by Gasteiger charge is 2.36. The average Bonchev–Trinajstić information content (AvgIpc) is 2.46. The Kier molecular flexibility index (Phi) is 6.87. The number of hydrogen-bond donors (Lipinski definition) is 2. The second kappa shape index (κ2) is 8.40. The number of carboxylic acid groups (broad SMARTS) is 1. The molecule has 0 saturated heterocycles. The van der Waals surface area contributed by atoms with Gasteiger partial charge in [0.2, 0.25) is 0 Å². The van der Waals surface area contributed by atoms with Crippen LogP contribution in [0.3, 0.4) is 0 Å². The lowest BCUT2D eigenvalue weighted by Gasteiger charge is -2.16. The Morgan fingerprint density at radius 3 is 2.35 bits per heavy atom. The number of ether oxygens (including phenoxy) is 1. The van der Waals surface area contributed by atoms with E-state index in [1.165, 1.54) is 24.3 Å². The standard InChI is InChI=1S/C15H18F3NO4/c1-2-3-8-23-11-6-4-10(5-7-11)13(20)19-12(14(21)22)9-15(16,17)18/h4-7,12H,2-3,8-9H2,1H3,(H,19,20)(H,21,22). The van der Waals surface area contributed by atoms with E-state index in [-0.39, 0.29) is 5.56 Å². The number of hydrogen-bond acceptors (Lipinski definition) is 3. The minimum absolute atomic E-state index is 0.0567. The maximum absolute atomic E-state index is 12.3. The summed E-state index contributed by atoms with van der Waals surface area (Å²) in [7, 11) is 0. The van der Waals surface area contributed by atoms with Crippen LogP contribution < -0.4 is 10.1 Å². The summed E-state index contributed by atoms with van der Waals surface area (Å²) in [6.07, 6.45) is -4.48. The summed E-state index contributed by atoms with van der Waals surface area (Å²) in [6, 6.07) is 3.71. The van der Waals surface area contributed by atoms with Crippen molar-refractivity contribution in [3.05, 3.63) is 29.8 Å². The molecule has 1 rings (SSSR count). The van der Waals surface area contributed by atoms with Crippen LogP contribution in [0.2, 0.25) is 0 Å². The van der Waals surface area contributed by atoms with Crippen molar-refractivity contribution in [1.82, 2.24) is 5.32 Å². The number of aliphatic carboxylic acids is 1. The fraction of sp³-hybridized carbons (Fsp3) is 0.467. The average molecular weight is 333 g/mol. The first-order valence-corrected chi connectivity index (χ1v) is 7.06. The second-order valence-corrected chi connectivity index (χ2v) is 4.91. The molecular weight excluding hydrogens is 315 g/mol. The molecule has 0 aliphatic rings. The van der Waals surface area contributed by atoms with Gasteiger partial charge in [0.1, 0.15) is 11.8 Å². The van der Waals surface area contributed by atoms with Gasteiger partial charge >= 0.3 is 12.1 Å². The molecule has 0 aliphatic heterocycles. The van der Waals surface area contributed by atoms with Gasteiger partial charge in [0, 0.05) is 5.56 Å². The smallest absolute Gasteiger partial charge is 0.391 e. The van der Waals surface area contributed by atoms with Crippen LogP contribution in [0.25, 0.3) is 0 Å². The minimum atomic E-state index is -4.69. The molecule has 1 aromatic rings. The number of nitrogens with one attached hydrogen (secondary N) is 1. The van der Waals surface area contributed by atoms with Crippen LogP contribution >= 0.6 is 0 Å². The number of alkyl halides is 3. The Balaban J connectivity index is 2.67. The third-order valence-electron chi connectivity index (χ3n) is 2.92. The van der Waals surface area contributed by atoms with Crippen LogP contribution in [0.5, 0.6) is 5.75 Å². The number of amides is 1. The fourth-order valence-electron chi connectivity index (χ4n) is 1.71. The number of carbonyl (C=O) groups is 2. The molecule has 1 unspecified atom stereocenters. The molecule has 1 atom stereocenters. The van der Waals surface area contributed by atoms with E-state index in [0.717, 1.165) is 12.8 Å². The van der Waals surface area contributed by atoms with E-state index < -0.39 is 30.5 Å². The molecule has 0 heterocycles. The van der Waals surface area contributed by atoms with Crippen molar-refractivity contribution >= 4 is 11.9 Å². The SMILES string of the molecule is CCCCOc1ccc(C(=O)NC(CC(F)(F)F)C(=O)O)cc1. The molecule has 23 heavy (non-hydrogen) atoms. The highest BCUT2D eigenvalue weighted by atomic mass is 19.4. The van der Waals surface area contributed by atoms with E-state index >= 15 is 0 Å². The maximum atomic E-state index is 12.3. The van der Waals surface area contributed by atoms with E-state index in [2.05, 4.69) is 0 Å². The summed E-state index contributed by atoms with van der Waals surface area (Å²) in [5, 5.41) is 10.6. The van der Waals surface area contributed by atoms with Gasteiger partial charge in [-0.1, -0.05) is 13.3 Å². The molecule has 0 radical (unpaired) electrons. The number of halogens is 3. The largest absolute Gasteiger partial charge is 0.494 e. The normalized spacial score (nSPS) is 12.5. The van der Waals surface area contributed by atoms with Crippen molar-refractivity contribution in [3.8, 4) is 5.75 Å². The molecule has 0 aromatic heterocycles. The van der Waals surface area contributed by atoms with Gasteiger partial charge < -0.3 is 15.2 Å². The molecule has 2 N–H and O–H groups in total. The predicted molar refractivity (Wildman–Crippen MR) is 76.4 cm³/mol. The van der Waals surface area contributed by atoms with Gasteiger partial charge in [-0.25, -0.2) is 4.79 Å². The van der Waals surface area contributed by atoms with Crippen molar-refractivity contribution in [3.63, 3.8) is 0 Å². The molecule has 128 valence electrons. The van der Waals surface area contributed by atoms with Crippen LogP contribution in [0, 0.1) is 0 Å². The van der Waals surface area contributed by atoms with Gasteiger partial charge in [0.05, 0.1) is 13.0 Å². The van der Waals surface area contributed by atoms with Crippen molar-refractivity contribution < 1.29 is 32.6 Å². The summed E-state index contributed by atoms with van der Waals surface area (Å²) in [5.74, 6) is -2.10. The molecule has 0 saturated carbocycles. The Labute approximate surface area is 131 Å². The number of rotatable bonds is 8. The van der Waals surface area contributed by atoms with Gasteiger partial charge in [0.15, 0.2) is 0 Å². The third-order valence-corrected chi connectivity index (χ3v) is 2.92. The Bertz CT molecular complexity index is 529. The van der Waals surface area contributed by atoms with E-state index in [0.29, 0.717) is 12.4 Å². The lowest BCUT2D eigenvalue weighted by atomic mass is 10.1. The molecule has 0 spiro atoms. The highest BCUT2D eigenvalue weighted by Crippen LogP contribution is 2.22. The third kappa shape index (κ3) is 7.03. The first-order valence-electron chi connectivity index (χ1n) is 7.06. The Morgan fingerprint density at radius 1 is 1.26 bits per heavy atom. The molecule has 0 fully saturated rings. The molecule has 5 nitrogen and oxygen atoms in total. The summed E-state index contributed by atoms with van der Waals surface area (Å²) < 4.78 is 42.3. The molecule has 8 heteroatoms. The molecule has 1 amide bonds. The molecule has 0 aliphatic carbocycles. The molecule has 0 bridgehead atoms. The molecule has 1 aromatic carbocycles. The molecular formula is C15H18F3NO4. The fourth-order valence-corrected chi connectivity index (χ4v) is 1.71. The van der Waals surface area contributed by atoms with Gasteiger partial charge in [-0.05, 0) is 30.7 Å². The maximum Gasteiger partial charge on any atom is 0.391 e. The van der Waals surface area contributed by atoms with Crippen LogP contribution in [0.15, 0.2) is 24.3 Å². The van der Waals surface area contributed by atoms with Gasteiger partial charge in [-0.2, -0.15) is 13.2 Å². The van der Waals surface area contributed by atoms with Crippen molar-refractivity contribution in [2.24, 2.45) is 0 Å². The number of carbonyl (C=O) groups excluding carboxylic acids is 1. The van der Waals surface area contributed by atoms with E-state index in [1.54, 1.807) is 0 Å². The van der Waals surface area contributed by atoms with Crippen molar-refractivity contribution in [2.45, 2.75) is 38.4 Å². The van der Waals surface area contributed by atoms with Crippen LogP contribution in [-0.2, 0) is 4.79 Å². The zero-order valence-electron chi connectivity index (χ0n) is 12.5. The summed E-state index contributed by atoms with van der Waals surface area (Å²) in [5.41, 5.74) is 0.0567. The Morgan fingerprint density at radius 2 is 1.87 bits per heavy atom. The van der Waals surface area contributed by atoms with E-state index in [1.807, 2.05) is 12.2 Å². The van der Waals surface area contributed by atoms with Gasteiger partial charge in [-0.3, -0.25) is 4.79 Å². The van der Waals surface area contributed by atoms with Gasteiger partial charge in [-0.15, -0.1) is 0 Å². The quantitative estimate of drug-likeness (QED) is 0.717. The summed E-state index contributed by atoms with van der Waals surface area (Å²) in [4.78, 5) is 22.6. The lowest BCUT2D eigenvalue weighted by Crippen LogP contribution is -2.43. The van der Waals surface area contributed by atoms with Crippen LogP contribution in [0.1, 0.15) is 36.5 Å². The second-order valence-electron chi connectivity index (χ2n) is 4.91. The number of carboxylic acids is 1. The zero-order valence-corrected chi connectivity index (χ0v) is 12.5. The predicted octanol–water partition coefficient (Wildman–Crippen LogP) is 3.00. The highest BCUT2D eigenvalue weighted by molar-refractivity contribution is 5.96. The van der Waals surface area contributed by atoms with Crippen LogP contribution in [0.4, 0.5) is 13.2 Å². The Hall–Kier alpha value is -2.25. The van der Waals surface area contributed by atoms with Crippen LogP contribution in [-0.4, -0.2) is 35.8 Å². The first-order chi connectivity index (χ1) is 10.7. The number of unbranched alkanes of at least 4 members (excludes halogenated alkanes) is 1. The van der Waals surface area contributed by atoms with Crippen molar-refractivity contribution in [2.75, 3.05) is 6.61 Å². The summed E-state index contributed by atoms with van der Waals surface area (Å²) >= 11 is 0. The topological polar surface area (TPSA) is 75.6 Å². The monoisotopic (exact) mass is 333 g/mol. The first kappa shape index (κ1) is 18.8. The van der Waals surface area contributed by atoms with Crippen molar-refractivity contribution in [1.29, 1.82) is 0 Å². The van der Waals surface area contributed by atoms with E-state index in [4.69, 9.17) is 9.84 Å². The van der Waals surface area contributed by atoms with Gasteiger partial charge in [0.25, 0.3) is 5.91 Å². The zero-order chi connectivity index (χ0) is 17.5. The summed E-state index contributed by atoms with van der Waals surface area (Å²) in [6.45, 7) is 2.53.